The molecule has 32 heavy (non-hydrogen) atoms. The zero-order valence-electron chi connectivity index (χ0n) is 19.3. The zero-order valence-corrected chi connectivity index (χ0v) is 19.3. The summed E-state index contributed by atoms with van der Waals surface area (Å²) in [6.45, 7) is 6.79. The van der Waals surface area contributed by atoms with E-state index in [1.807, 2.05) is 35.2 Å². The maximum atomic E-state index is 13.3. The number of rotatable bonds is 6. The third-order valence-electron chi connectivity index (χ3n) is 6.98. The van der Waals surface area contributed by atoms with Crippen LogP contribution in [-0.2, 0) is 9.59 Å². The van der Waals surface area contributed by atoms with Gasteiger partial charge in [-0.05, 0) is 68.4 Å². The van der Waals surface area contributed by atoms with Gasteiger partial charge in [-0.3, -0.25) is 9.59 Å². The van der Waals surface area contributed by atoms with Crippen LogP contribution in [0.3, 0.4) is 0 Å². The highest BCUT2D eigenvalue weighted by Gasteiger charge is 2.36. The van der Waals surface area contributed by atoms with Gasteiger partial charge in [-0.15, -0.1) is 0 Å². The van der Waals surface area contributed by atoms with Gasteiger partial charge in [-0.2, -0.15) is 0 Å². The van der Waals surface area contributed by atoms with Crippen LogP contribution in [-0.4, -0.2) is 47.9 Å². The van der Waals surface area contributed by atoms with Gasteiger partial charge in [-0.1, -0.05) is 36.4 Å². The second-order valence-corrected chi connectivity index (χ2v) is 9.10. The number of hydrogen-bond acceptors (Lipinski definition) is 3. The Balaban J connectivity index is 1.27. The fraction of sp³-hybridized carbons (Fsp3) is 0.481. The molecule has 2 heterocycles. The minimum absolute atomic E-state index is 0.0202. The molecular weight excluding hydrogens is 400 g/mol. The highest BCUT2D eigenvalue weighted by molar-refractivity contribution is 5.81. The van der Waals surface area contributed by atoms with Crippen molar-refractivity contribution in [2.75, 3.05) is 26.2 Å². The number of nitrogens with zero attached hydrogens (tertiary/aromatic N) is 2. The van der Waals surface area contributed by atoms with Crippen LogP contribution in [0.4, 0.5) is 0 Å². The lowest BCUT2D eigenvalue weighted by Crippen LogP contribution is -2.44. The van der Waals surface area contributed by atoms with Crippen molar-refractivity contribution < 1.29 is 14.3 Å². The predicted octanol–water partition coefficient (Wildman–Crippen LogP) is 4.67. The zero-order chi connectivity index (χ0) is 22.5. The van der Waals surface area contributed by atoms with Crippen molar-refractivity contribution in [2.45, 2.75) is 52.0 Å². The number of para-hydroxylation sites is 1. The quantitative estimate of drug-likeness (QED) is 0.664. The highest BCUT2D eigenvalue weighted by Crippen LogP contribution is 2.35. The highest BCUT2D eigenvalue weighted by atomic mass is 16.5. The number of hydrogen-bond donors (Lipinski definition) is 0. The molecule has 2 amide bonds. The topological polar surface area (TPSA) is 49.9 Å². The minimum Gasteiger partial charge on any atom is -0.493 e. The van der Waals surface area contributed by atoms with E-state index in [1.54, 1.807) is 0 Å². The van der Waals surface area contributed by atoms with E-state index in [4.69, 9.17) is 4.74 Å². The molecule has 5 heteroatoms. The predicted molar refractivity (Wildman–Crippen MR) is 125 cm³/mol. The van der Waals surface area contributed by atoms with Gasteiger partial charge >= 0.3 is 0 Å². The van der Waals surface area contributed by atoms with E-state index in [0.717, 1.165) is 38.0 Å². The summed E-state index contributed by atoms with van der Waals surface area (Å²) in [6.07, 6.45) is 3.96. The lowest BCUT2D eigenvalue weighted by molar-refractivity contribution is -0.141. The number of amides is 2. The molecule has 2 fully saturated rings. The molecule has 0 bridgehead atoms. The Labute approximate surface area is 191 Å². The van der Waals surface area contributed by atoms with E-state index in [-0.39, 0.29) is 23.8 Å². The number of aryl methyl sites for hydroxylation is 2. The van der Waals surface area contributed by atoms with Crippen LogP contribution in [0.25, 0.3) is 0 Å². The van der Waals surface area contributed by atoms with Crippen LogP contribution in [0.15, 0.2) is 48.5 Å². The van der Waals surface area contributed by atoms with E-state index >= 15 is 0 Å². The van der Waals surface area contributed by atoms with Crippen LogP contribution in [0, 0.1) is 19.8 Å². The number of piperidine rings is 1. The minimum atomic E-state index is 0.0202. The van der Waals surface area contributed by atoms with Crippen LogP contribution < -0.4 is 4.74 Å². The molecule has 4 rings (SSSR count). The van der Waals surface area contributed by atoms with E-state index in [2.05, 4.69) is 36.9 Å². The van der Waals surface area contributed by atoms with Gasteiger partial charge in [0.2, 0.25) is 11.8 Å². The molecule has 1 atom stereocenters. The number of ether oxygens (including phenoxy) is 1. The molecule has 2 aliphatic rings. The largest absolute Gasteiger partial charge is 0.493 e. The molecule has 1 unspecified atom stereocenters. The number of carbonyl (C=O) groups excluding carboxylic acids is 2. The average molecular weight is 435 g/mol. The summed E-state index contributed by atoms with van der Waals surface area (Å²) >= 11 is 0. The summed E-state index contributed by atoms with van der Waals surface area (Å²) in [5.41, 5.74) is 3.82. The fourth-order valence-electron chi connectivity index (χ4n) is 4.89. The van der Waals surface area contributed by atoms with Crippen molar-refractivity contribution in [2.24, 2.45) is 5.92 Å². The Morgan fingerprint density at radius 1 is 0.938 bits per heavy atom. The molecule has 5 nitrogen and oxygen atoms in total. The van der Waals surface area contributed by atoms with Gasteiger partial charge in [0, 0.05) is 25.6 Å². The number of likely N-dealkylation sites (tertiary alicyclic amines) is 2. The Morgan fingerprint density at radius 3 is 2.41 bits per heavy atom. The van der Waals surface area contributed by atoms with Gasteiger partial charge < -0.3 is 14.5 Å². The lowest BCUT2D eigenvalue weighted by Gasteiger charge is -2.35. The first-order chi connectivity index (χ1) is 15.5. The van der Waals surface area contributed by atoms with Crippen molar-refractivity contribution in [1.82, 2.24) is 9.80 Å². The van der Waals surface area contributed by atoms with Crippen LogP contribution in [0.2, 0.25) is 0 Å². The molecular formula is C27H34N2O3. The molecule has 2 aromatic carbocycles. The van der Waals surface area contributed by atoms with Crippen LogP contribution in [0.1, 0.15) is 54.8 Å². The molecule has 2 aromatic rings. The number of benzene rings is 2. The Morgan fingerprint density at radius 2 is 1.69 bits per heavy atom. The standard InChI is InChI=1S/C27H34N2O3/c1-20-10-11-23(19-21(20)2)25-9-6-15-29(25)27(31)22-12-16-28(17-13-22)26(30)14-18-32-24-7-4-3-5-8-24/h3-5,7-8,10-11,19,22,25H,6,9,12-18H2,1-2H3. The van der Waals surface area contributed by atoms with Gasteiger partial charge in [0.1, 0.15) is 5.75 Å². The SMILES string of the molecule is Cc1ccc(C2CCCN2C(=O)C2CCN(C(=O)CCOc3ccccc3)CC2)cc1C. The van der Waals surface area contributed by atoms with E-state index in [9.17, 15) is 9.59 Å². The Kier molecular flexibility index (Phi) is 7.13. The van der Waals surface area contributed by atoms with Gasteiger partial charge in [0.15, 0.2) is 0 Å². The van der Waals surface area contributed by atoms with Gasteiger partial charge in [-0.25, -0.2) is 0 Å². The summed E-state index contributed by atoms with van der Waals surface area (Å²) in [5, 5.41) is 0. The van der Waals surface area contributed by atoms with E-state index in [1.165, 1.54) is 16.7 Å². The Bertz CT molecular complexity index is 935. The summed E-state index contributed by atoms with van der Waals surface area (Å²) in [5.74, 6) is 1.19. The lowest BCUT2D eigenvalue weighted by atomic mass is 9.93. The van der Waals surface area contributed by atoms with Gasteiger partial charge in [0.25, 0.3) is 0 Å². The van der Waals surface area contributed by atoms with Crippen LogP contribution in [0.5, 0.6) is 5.75 Å². The molecule has 170 valence electrons. The maximum Gasteiger partial charge on any atom is 0.226 e. The van der Waals surface area contributed by atoms with E-state index < -0.39 is 0 Å². The summed E-state index contributed by atoms with van der Waals surface area (Å²) in [4.78, 5) is 29.9. The molecule has 0 radical (unpaired) electrons. The maximum absolute atomic E-state index is 13.3. The smallest absolute Gasteiger partial charge is 0.226 e. The second kappa shape index (κ2) is 10.2. The van der Waals surface area contributed by atoms with Crippen LogP contribution >= 0.6 is 0 Å². The first-order valence-electron chi connectivity index (χ1n) is 11.9. The molecule has 0 aliphatic carbocycles. The molecule has 2 aliphatic heterocycles. The van der Waals surface area contributed by atoms with Crippen molar-refractivity contribution in [3.05, 3.63) is 65.2 Å². The average Bonchev–Trinajstić information content (AvgIpc) is 3.31. The first-order valence-corrected chi connectivity index (χ1v) is 11.9. The normalized spacial score (nSPS) is 19.2. The van der Waals surface area contributed by atoms with E-state index in [0.29, 0.717) is 26.1 Å². The molecule has 0 N–H and O–H groups in total. The second-order valence-electron chi connectivity index (χ2n) is 9.10. The Hall–Kier alpha value is -2.82. The summed E-state index contributed by atoms with van der Waals surface area (Å²) < 4.78 is 5.66. The van der Waals surface area contributed by atoms with Gasteiger partial charge in [0.05, 0.1) is 19.1 Å². The van der Waals surface area contributed by atoms with Crippen molar-refractivity contribution in [3.8, 4) is 5.75 Å². The summed E-state index contributed by atoms with van der Waals surface area (Å²) in [7, 11) is 0. The van der Waals surface area contributed by atoms with Crippen molar-refractivity contribution >= 4 is 11.8 Å². The third-order valence-corrected chi connectivity index (χ3v) is 6.98. The molecule has 0 saturated carbocycles. The molecule has 0 aromatic heterocycles. The fourth-order valence-corrected chi connectivity index (χ4v) is 4.89. The molecule has 0 spiro atoms. The first kappa shape index (κ1) is 22.4. The summed E-state index contributed by atoms with van der Waals surface area (Å²) in [6, 6.07) is 16.3. The number of carbonyl (C=O) groups is 2. The monoisotopic (exact) mass is 434 g/mol. The van der Waals surface area contributed by atoms with Crippen molar-refractivity contribution in [3.63, 3.8) is 0 Å². The molecule has 2 saturated heterocycles. The van der Waals surface area contributed by atoms with Crippen molar-refractivity contribution in [1.29, 1.82) is 0 Å². The third kappa shape index (κ3) is 5.14.